The van der Waals surface area contributed by atoms with Gasteiger partial charge >= 0.3 is 13.2 Å². The zero-order chi connectivity index (χ0) is 20.6. The number of halogens is 4. The Morgan fingerprint density at radius 1 is 1.07 bits per heavy atom. The number of methoxy groups -OCH3 is 1. The van der Waals surface area contributed by atoms with Gasteiger partial charge in [-0.1, -0.05) is 29.4 Å². The van der Waals surface area contributed by atoms with Gasteiger partial charge in [0.05, 0.1) is 19.6 Å². The summed E-state index contributed by atoms with van der Waals surface area (Å²) in [5.74, 6) is 1.16. The highest BCUT2D eigenvalue weighted by molar-refractivity contribution is 7.96. The van der Waals surface area contributed by atoms with Crippen molar-refractivity contribution >= 4 is 40.6 Å². The maximum absolute atomic E-state index is 11.1. The first kappa shape index (κ1) is 22.8. The van der Waals surface area contributed by atoms with Gasteiger partial charge in [-0.2, -0.15) is 0 Å². The van der Waals surface area contributed by atoms with Gasteiger partial charge < -0.3 is 26.8 Å². The lowest BCUT2D eigenvalue weighted by atomic mass is 10.0. The Labute approximate surface area is 158 Å². The van der Waals surface area contributed by atoms with Gasteiger partial charge in [0.15, 0.2) is 5.75 Å². The third-order valence-corrected chi connectivity index (χ3v) is 3.98. The van der Waals surface area contributed by atoms with Crippen molar-refractivity contribution in [2.45, 2.75) is 6.92 Å². The monoisotopic (exact) mass is 405 g/mol. The standard InChI is InChI=1S/C17H20NO3S.BF4/c1-12(19)21-18-16(11-22(3)4)14-9-10-17(20-2)15-8-6-5-7-13(14)15;2-1(3,4)5/h5-10H,11H2,1-4H3;/q+1;-1. The maximum atomic E-state index is 11.1. The molecule has 0 unspecified atom stereocenters. The van der Waals surface area contributed by atoms with E-state index in [1.54, 1.807) is 7.11 Å². The van der Waals surface area contributed by atoms with Crippen molar-refractivity contribution in [3.8, 4) is 5.75 Å². The Kier molecular flexibility index (Phi) is 8.62. The number of benzene rings is 2. The van der Waals surface area contributed by atoms with Crippen LogP contribution in [0.25, 0.3) is 10.8 Å². The summed E-state index contributed by atoms with van der Waals surface area (Å²) in [6.07, 6.45) is 4.27. The molecule has 0 heterocycles. The van der Waals surface area contributed by atoms with Gasteiger partial charge in [0.1, 0.15) is 11.5 Å². The number of hydrogen-bond donors (Lipinski definition) is 0. The summed E-state index contributed by atoms with van der Waals surface area (Å²) in [6, 6.07) is 11.9. The molecule has 10 heteroatoms. The Balaban J connectivity index is 0.000000646. The molecular weight excluding hydrogens is 385 g/mol. The summed E-state index contributed by atoms with van der Waals surface area (Å²) < 4.78 is 44.4. The first-order valence-corrected chi connectivity index (χ1v) is 9.96. The summed E-state index contributed by atoms with van der Waals surface area (Å²) in [6.45, 7) is 1.35. The van der Waals surface area contributed by atoms with Crippen LogP contribution in [0.5, 0.6) is 5.75 Å². The van der Waals surface area contributed by atoms with Crippen LogP contribution in [0.3, 0.4) is 0 Å². The van der Waals surface area contributed by atoms with Crippen LogP contribution in [0.1, 0.15) is 12.5 Å². The second-order valence-electron chi connectivity index (χ2n) is 5.61. The molecule has 0 fully saturated rings. The number of fused-ring (bicyclic) bond motifs is 1. The summed E-state index contributed by atoms with van der Waals surface area (Å²) >= 11 is 0. The molecule has 2 aromatic carbocycles. The Morgan fingerprint density at radius 2 is 1.63 bits per heavy atom. The van der Waals surface area contributed by atoms with Gasteiger partial charge in [-0.25, -0.2) is 4.79 Å². The number of carbonyl (C=O) groups excluding carboxylic acids is 1. The SMILES string of the molecule is COc1ccc(C(C[S+](C)C)=NOC(C)=O)c2ccccc12.F[B-](F)(F)F. The fraction of sp³-hybridized carbons (Fsp3) is 0.294. The van der Waals surface area contributed by atoms with E-state index in [1.165, 1.54) is 6.92 Å². The van der Waals surface area contributed by atoms with E-state index < -0.39 is 13.2 Å². The number of ether oxygens (including phenoxy) is 1. The molecule has 2 rings (SSSR count). The van der Waals surface area contributed by atoms with Crippen LogP contribution >= 0.6 is 0 Å². The molecule has 0 aromatic heterocycles. The van der Waals surface area contributed by atoms with Crippen LogP contribution in [0.4, 0.5) is 17.3 Å². The number of carbonyl (C=O) groups is 1. The van der Waals surface area contributed by atoms with Gasteiger partial charge in [-0.3, -0.25) is 0 Å². The lowest BCUT2D eigenvalue weighted by molar-refractivity contribution is -0.140. The number of nitrogens with zero attached hydrogens (tertiary/aromatic N) is 1. The number of rotatable bonds is 5. The fourth-order valence-electron chi connectivity index (χ4n) is 2.25. The minimum absolute atomic E-state index is 0.136. The molecular formula is C17H20BF4NO3S. The molecule has 0 atom stereocenters. The van der Waals surface area contributed by atoms with Crippen LogP contribution in [-0.4, -0.2) is 44.3 Å². The fourth-order valence-corrected chi connectivity index (χ4v) is 3.00. The van der Waals surface area contributed by atoms with E-state index in [0.717, 1.165) is 33.5 Å². The first-order valence-electron chi connectivity index (χ1n) is 7.75. The molecule has 0 aliphatic rings. The van der Waals surface area contributed by atoms with Crippen molar-refractivity contribution < 1.29 is 31.6 Å². The molecule has 0 amide bonds. The van der Waals surface area contributed by atoms with E-state index >= 15 is 0 Å². The topological polar surface area (TPSA) is 47.9 Å². The minimum Gasteiger partial charge on any atom is -0.496 e. The molecule has 0 saturated heterocycles. The van der Waals surface area contributed by atoms with Crippen molar-refractivity contribution in [1.29, 1.82) is 0 Å². The second kappa shape index (κ2) is 10.2. The number of hydrogen-bond acceptors (Lipinski definition) is 4. The first-order chi connectivity index (χ1) is 12.5. The molecule has 0 saturated carbocycles. The zero-order valence-corrected chi connectivity index (χ0v) is 16.2. The van der Waals surface area contributed by atoms with Crippen molar-refractivity contribution in [3.63, 3.8) is 0 Å². The lowest BCUT2D eigenvalue weighted by Gasteiger charge is -2.11. The van der Waals surface area contributed by atoms with Crippen LogP contribution in [0.2, 0.25) is 0 Å². The molecule has 0 radical (unpaired) electrons. The predicted octanol–water partition coefficient (Wildman–Crippen LogP) is 4.29. The van der Waals surface area contributed by atoms with E-state index in [0.29, 0.717) is 0 Å². The van der Waals surface area contributed by atoms with E-state index in [-0.39, 0.29) is 10.9 Å². The molecule has 4 nitrogen and oxygen atoms in total. The van der Waals surface area contributed by atoms with E-state index in [9.17, 15) is 22.1 Å². The summed E-state index contributed by atoms with van der Waals surface area (Å²) in [5.41, 5.74) is 1.75. The van der Waals surface area contributed by atoms with Gasteiger partial charge in [0, 0.05) is 17.9 Å². The predicted molar refractivity (Wildman–Crippen MR) is 103 cm³/mol. The van der Waals surface area contributed by atoms with Crippen LogP contribution in [0, 0.1) is 0 Å². The highest BCUT2D eigenvalue weighted by atomic mass is 32.2. The molecule has 2 aromatic rings. The summed E-state index contributed by atoms with van der Waals surface area (Å²) in [7, 11) is -4.21. The van der Waals surface area contributed by atoms with Gasteiger partial charge in [-0.15, -0.1) is 0 Å². The zero-order valence-electron chi connectivity index (χ0n) is 15.3. The van der Waals surface area contributed by atoms with Crippen LogP contribution in [0.15, 0.2) is 41.6 Å². The Hall–Kier alpha value is -2.23. The largest absolute Gasteiger partial charge is 0.673 e. The molecule has 0 spiro atoms. The Morgan fingerprint density at radius 3 is 2.11 bits per heavy atom. The van der Waals surface area contributed by atoms with Crippen LogP contribution < -0.4 is 4.74 Å². The normalized spacial score (nSPS) is 11.8. The molecule has 0 bridgehead atoms. The minimum atomic E-state index is -6.00. The molecule has 148 valence electrons. The van der Waals surface area contributed by atoms with Gasteiger partial charge in [-0.05, 0) is 28.4 Å². The quantitative estimate of drug-likeness (QED) is 0.186. The van der Waals surface area contributed by atoms with Crippen LogP contribution in [-0.2, 0) is 20.5 Å². The second-order valence-corrected chi connectivity index (χ2v) is 7.87. The molecule has 0 N–H and O–H groups in total. The summed E-state index contributed by atoms with van der Waals surface area (Å²) in [4.78, 5) is 16.0. The van der Waals surface area contributed by atoms with Crippen molar-refractivity contribution in [3.05, 3.63) is 42.0 Å². The number of oxime groups is 1. The maximum Gasteiger partial charge on any atom is 0.673 e. The average Bonchev–Trinajstić information content (AvgIpc) is 2.56. The van der Waals surface area contributed by atoms with Crippen molar-refractivity contribution in [2.24, 2.45) is 5.16 Å². The molecule has 27 heavy (non-hydrogen) atoms. The van der Waals surface area contributed by atoms with E-state index in [2.05, 4.69) is 17.7 Å². The van der Waals surface area contributed by atoms with Crippen molar-refractivity contribution in [2.75, 3.05) is 25.4 Å². The lowest BCUT2D eigenvalue weighted by Crippen LogP contribution is -2.16. The average molecular weight is 405 g/mol. The molecule has 0 aliphatic carbocycles. The smallest absolute Gasteiger partial charge is 0.496 e. The summed E-state index contributed by atoms with van der Waals surface area (Å²) in [5, 5.41) is 6.13. The third kappa shape index (κ3) is 8.34. The Bertz CT molecular complexity index is 806. The highest BCUT2D eigenvalue weighted by Gasteiger charge is 2.20. The molecule has 0 aliphatic heterocycles. The highest BCUT2D eigenvalue weighted by Crippen LogP contribution is 2.29. The van der Waals surface area contributed by atoms with Crippen molar-refractivity contribution in [1.82, 2.24) is 0 Å². The van der Waals surface area contributed by atoms with Gasteiger partial charge in [0.25, 0.3) is 0 Å². The van der Waals surface area contributed by atoms with E-state index in [4.69, 9.17) is 9.57 Å². The van der Waals surface area contributed by atoms with E-state index in [1.807, 2.05) is 36.4 Å². The third-order valence-electron chi connectivity index (χ3n) is 3.12. The van der Waals surface area contributed by atoms with Gasteiger partial charge in [0.2, 0.25) is 0 Å².